The summed E-state index contributed by atoms with van der Waals surface area (Å²) < 4.78 is 14.1. The van der Waals surface area contributed by atoms with Gasteiger partial charge in [-0.2, -0.15) is 0 Å². The summed E-state index contributed by atoms with van der Waals surface area (Å²) in [5.41, 5.74) is -0.767. The lowest BCUT2D eigenvalue weighted by Gasteiger charge is -2.22. The van der Waals surface area contributed by atoms with Crippen LogP contribution < -0.4 is 5.32 Å². The molecule has 1 aliphatic heterocycles. The fourth-order valence-corrected chi connectivity index (χ4v) is 3.18. The molecule has 1 N–H and O–H groups in total. The number of nitrogens with zero attached hydrogens (tertiary/aromatic N) is 1. The summed E-state index contributed by atoms with van der Waals surface area (Å²) >= 11 is 12.0. The van der Waals surface area contributed by atoms with Crippen molar-refractivity contribution < 1.29 is 14.0 Å². The number of rotatable bonds is 3. The third-order valence-electron chi connectivity index (χ3n) is 4.03. The summed E-state index contributed by atoms with van der Waals surface area (Å²) in [6, 6.07) is 10.1. The van der Waals surface area contributed by atoms with E-state index in [1.807, 2.05) is 0 Å². The zero-order valence-electron chi connectivity index (χ0n) is 12.6. The van der Waals surface area contributed by atoms with Crippen LogP contribution >= 0.6 is 23.2 Å². The molecule has 3 rings (SSSR count). The standard InChI is InChI=1S/C17H13Cl2FN2O2/c1-17(12-4-2-3-5-14(12)20)15(23)22(16(24)21-17)9-10-6-7-11(18)8-13(10)19/h2-8H,9H2,1H3,(H,21,24). The maximum absolute atomic E-state index is 14.1. The predicted octanol–water partition coefficient (Wildman–Crippen LogP) is 4.10. The van der Waals surface area contributed by atoms with Crippen molar-refractivity contribution in [3.63, 3.8) is 0 Å². The van der Waals surface area contributed by atoms with Crippen LogP contribution in [0, 0.1) is 5.82 Å². The maximum Gasteiger partial charge on any atom is 0.325 e. The van der Waals surface area contributed by atoms with Crippen molar-refractivity contribution in [3.05, 3.63) is 69.5 Å². The highest BCUT2D eigenvalue weighted by molar-refractivity contribution is 6.35. The average Bonchev–Trinajstić information content (AvgIpc) is 2.74. The summed E-state index contributed by atoms with van der Waals surface area (Å²) in [6.07, 6.45) is 0. The van der Waals surface area contributed by atoms with E-state index >= 15 is 0 Å². The van der Waals surface area contributed by atoms with Crippen LogP contribution in [-0.4, -0.2) is 16.8 Å². The van der Waals surface area contributed by atoms with Gasteiger partial charge in [-0.05, 0) is 30.7 Å². The molecule has 4 nitrogen and oxygen atoms in total. The zero-order chi connectivity index (χ0) is 17.5. The molecule has 0 aromatic heterocycles. The Labute approximate surface area is 148 Å². The third-order valence-corrected chi connectivity index (χ3v) is 4.62. The molecule has 0 saturated carbocycles. The Bertz CT molecular complexity index is 843. The minimum Gasteiger partial charge on any atom is -0.319 e. The molecular formula is C17H13Cl2FN2O2. The molecule has 0 bridgehead atoms. The van der Waals surface area contributed by atoms with E-state index in [1.54, 1.807) is 18.2 Å². The fourth-order valence-electron chi connectivity index (χ4n) is 2.71. The molecule has 0 aliphatic carbocycles. The molecular weight excluding hydrogens is 354 g/mol. The van der Waals surface area contributed by atoms with Crippen molar-refractivity contribution in [1.82, 2.24) is 10.2 Å². The number of carbonyl (C=O) groups excluding carboxylic acids is 2. The van der Waals surface area contributed by atoms with Gasteiger partial charge in [-0.15, -0.1) is 0 Å². The Morgan fingerprint density at radius 1 is 1.17 bits per heavy atom. The van der Waals surface area contributed by atoms with Crippen LogP contribution in [0.3, 0.4) is 0 Å². The molecule has 1 aliphatic rings. The van der Waals surface area contributed by atoms with E-state index in [0.29, 0.717) is 15.6 Å². The van der Waals surface area contributed by atoms with E-state index in [2.05, 4.69) is 5.32 Å². The van der Waals surface area contributed by atoms with Gasteiger partial charge in [-0.1, -0.05) is 47.5 Å². The molecule has 124 valence electrons. The van der Waals surface area contributed by atoms with Gasteiger partial charge in [0, 0.05) is 15.6 Å². The predicted molar refractivity (Wildman–Crippen MR) is 89.3 cm³/mol. The molecule has 1 heterocycles. The number of hydrogen-bond acceptors (Lipinski definition) is 2. The van der Waals surface area contributed by atoms with Crippen LogP contribution in [0.25, 0.3) is 0 Å². The van der Waals surface area contributed by atoms with Gasteiger partial charge in [0.25, 0.3) is 5.91 Å². The highest BCUT2D eigenvalue weighted by atomic mass is 35.5. The Morgan fingerprint density at radius 2 is 1.88 bits per heavy atom. The van der Waals surface area contributed by atoms with E-state index in [4.69, 9.17) is 23.2 Å². The Hall–Kier alpha value is -2.11. The second kappa shape index (κ2) is 6.07. The lowest BCUT2D eigenvalue weighted by Crippen LogP contribution is -2.41. The van der Waals surface area contributed by atoms with E-state index in [9.17, 15) is 14.0 Å². The average molecular weight is 367 g/mol. The Morgan fingerprint density at radius 3 is 2.54 bits per heavy atom. The minimum absolute atomic E-state index is 0.0231. The summed E-state index contributed by atoms with van der Waals surface area (Å²) in [4.78, 5) is 26.1. The van der Waals surface area contributed by atoms with E-state index in [-0.39, 0.29) is 12.1 Å². The lowest BCUT2D eigenvalue weighted by molar-refractivity contribution is -0.131. The molecule has 7 heteroatoms. The number of carbonyl (C=O) groups is 2. The number of urea groups is 1. The minimum atomic E-state index is -1.46. The van der Waals surface area contributed by atoms with Gasteiger partial charge in [0.1, 0.15) is 11.4 Å². The first kappa shape index (κ1) is 16.7. The smallest absolute Gasteiger partial charge is 0.319 e. The molecule has 1 saturated heterocycles. The molecule has 1 atom stereocenters. The Balaban J connectivity index is 1.93. The number of halogens is 3. The van der Waals surface area contributed by atoms with Crippen molar-refractivity contribution in [1.29, 1.82) is 0 Å². The zero-order valence-corrected chi connectivity index (χ0v) is 14.2. The third kappa shape index (κ3) is 2.74. The van der Waals surface area contributed by atoms with Crippen LogP contribution in [0.4, 0.5) is 9.18 Å². The summed E-state index contributed by atoms with van der Waals surface area (Å²) in [5, 5.41) is 3.37. The second-order valence-electron chi connectivity index (χ2n) is 5.66. The fraction of sp³-hybridized carbons (Fsp3) is 0.176. The van der Waals surface area contributed by atoms with Crippen LogP contribution in [0.1, 0.15) is 18.1 Å². The van der Waals surface area contributed by atoms with Crippen LogP contribution in [0.5, 0.6) is 0 Å². The lowest BCUT2D eigenvalue weighted by atomic mass is 9.91. The first-order chi connectivity index (χ1) is 11.3. The largest absolute Gasteiger partial charge is 0.325 e. The number of amides is 3. The number of imide groups is 1. The monoisotopic (exact) mass is 366 g/mol. The molecule has 1 unspecified atom stereocenters. The molecule has 1 fully saturated rings. The quantitative estimate of drug-likeness (QED) is 0.831. The normalized spacial score (nSPS) is 20.4. The highest BCUT2D eigenvalue weighted by Gasteiger charge is 2.50. The molecule has 2 aromatic rings. The van der Waals surface area contributed by atoms with Gasteiger partial charge in [-0.3, -0.25) is 9.69 Å². The molecule has 24 heavy (non-hydrogen) atoms. The van der Waals surface area contributed by atoms with Gasteiger partial charge < -0.3 is 5.32 Å². The number of nitrogens with one attached hydrogen (secondary N) is 1. The Kier molecular flexibility index (Phi) is 4.24. The summed E-state index contributed by atoms with van der Waals surface area (Å²) in [5.74, 6) is -1.09. The summed E-state index contributed by atoms with van der Waals surface area (Å²) in [7, 11) is 0. The topological polar surface area (TPSA) is 49.4 Å². The van der Waals surface area contributed by atoms with E-state index < -0.39 is 23.3 Å². The second-order valence-corrected chi connectivity index (χ2v) is 6.51. The first-order valence-corrected chi connectivity index (χ1v) is 7.91. The molecule has 3 amide bonds. The first-order valence-electron chi connectivity index (χ1n) is 7.16. The van der Waals surface area contributed by atoms with Crippen LogP contribution in [0.15, 0.2) is 42.5 Å². The molecule has 2 aromatic carbocycles. The number of benzene rings is 2. The van der Waals surface area contributed by atoms with Gasteiger partial charge >= 0.3 is 6.03 Å². The van der Waals surface area contributed by atoms with Gasteiger partial charge in [-0.25, -0.2) is 9.18 Å². The van der Waals surface area contributed by atoms with Gasteiger partial charge in [0.15, 0.2) is 0 Å². The molecule has 0 spiro atoms. The van der Waals surface area contributed by atoms with Crippen LogP contribution in [0.2, 0.25) is 10.0 Å². The van der Waals surface area contributed by atoms with Crippen molar-refractivity contribution >= 4 is 35.1 Å². The maximum atomic E-state index is 14.1. The molecule has 0 radical (unpaired) electrons. The van der Waals surface area contributed by atoms with Crippen molar-refractivity contribution in [2.75, 3.05) is 0 Å². The summed E-state index contributed by atoms with van der Waals surface area (Å²) in [6.45, 7) is 1.46. The van der Waals surface area contributed by atoms with Crippen molar-refractivity contribution in [3.8, 4) is 0 Å². The van der Waals surface area contributed by atoms with Crippen LogP contribution in [-0.2, 0) is 16.9 Å². The van der Waals surface area contributed by atoms with E-state index in [1.165, 1.54) is 31.2 Å². The van der Waals surface area contributed by atoms with Gasteiger partial charge in [0.05, 0.1) is 6.54 Å². The van der Waals surface area contributed by atoms with Crippen molar-refractivity contribution in [2.45, 2.75) is 19.0 Å². The van der Waals surface area contributed by atoms with Gasteiger partial charge in [0.2, 0.25) is 0 Å². The number of hydrogen-bond donors (Lipinski definition) is 1. The highest BCUT2D eigenvalue weighted by Crippen LogP contribution is 2.32. The van der Waals surface area contributed by atoms with E-state index in [0.717, 1.165) is 4.90 Å². The van der Waals surface area contributed by atoms with Crippen molar-refractivity contribution in [2.24, 2.45) is 0 Å². The SMILES string of the molecule is CC1(c2ccccc2F)NC(=O)N(Cc2ccc(Cl)cc2Cl)C1=O.